The molecular weight excluding hydrogens is 480 g/mol. The molecule has 0 bridgehead atoms. The Labute approximate surface area is 221 Å². The summed E-state index contributed by atoms with van der Waals surface area (Å²) in [5, 5.41) is 12.8. The molecule has 8 nitrogen and oxygen atoms in total. The van der Waals surface area contributed by atoms with Gasteiger partial charge in [-0.15, -0.1) is 0 Å². The normalized spacial score (nSPS) is 13.0. The molecule has 0 aliphatic heterocycles. The molecule has 1 amide bonds. The fraction of sp³-hybridized carbons (Fsp3) is 0.333. The molecule has 8 heteroatoms. The van der Waals surface area contributed by atoms with E-state index in [0.717, 1.165) is 33.3 Å². The molecule has 0 saturated heterocycles. The van der Waals surface area contributed by atoms with Crippen LogP contribution in [0.1, 0.15) is 61.0 Å². The number of pyridine rings is 1. The fourth-order valence-electron chi connectivity index (χ4n) is 5.08. The van der Waals surface area contributed by atoms with Gasteiger partial charge in [0.2, 0.25) is 5.91 Å². The van der Waals surface area contributed by atoms with Crippen molar-refractivity contribution in [3.63, 3.8) is 0 Å². The van der Waals surface area contributed by atoms with Crippen molar-refractivity contribution in [2.45, 2.75) is 59.5 Å². The van der Waals surface area contributed by atoms with Gasteiger partial charge in [-0.1, -0.05) is 32.0 Å². The van der Waals surface area contributed by atoms with E-state index in [1.54, 1.807) is 18.6 Å². The molecule has 0 spiro atoms. The lowest BCUT2D eigenvalue weighted by atomic mass is 9.91. The SMILES string of the molecule is Cc1ccn([C@@H](CC(C)C)C(=O)N[C@H](CC(=O)O)c2cc(-c3c(C)cccc3C)cc3[nH]cnc23)c(=O)c1. The number of nitrogens with one attached hydrogen (secondary N) is 2. The monoisotopic (exact) mass is 514 g/mol. The highest BCUT2D eigenvalue weighted by Gasteiger charge is 2.28. The fourth-order valence-corrected chi connectivity index (χ4v) is 5.08. The molecule has 2 atom stereocenters. The van der Waals surface area contributed by atoms with Crippen LogP contribution in [0.3, 0.4) is 0 Å². The van der Waals surface area contributed by atoms with Gasteiger partial charge in [0.15, 0.2) is 0 Å². The van der Waals surface area contributed by atoms with E-state index in [1.807, 2.05) is 65.0 Å². The molecule has 2 aromatic heterocycles. The number of carboxylic acid groups (broad SMARTS) is 1. The van der Waals surface area contributed by atoms with Gasteiger partial charge in [-0.2, -0.15) is 0 Å². The van der Waals surface area contributed by atoms with E-state index in [2.05, 4.69) is 15.3 Å². The number of aromatic nitrogens is 3. The maximum absolute atomic E-state index is 13.7. The minimum absolute atomic E-state index is 0.127. The Hall–Kier alpha value is -4.20. The number of hydrogen-bond acceptors (Lipinski definition) is 4. The largest absolute Gasteiger partial charge is 0.481 e. The highest BCUT2D eigenvalue weighted by Crippen LogP contribution is 2.34. The molecule has 0 saturated carbocycles. The third-order valence-corrected chi connectivity index (χ3v) is 6.83. The first-order chi connectivity index (χ1) is 18.0. The summed E-state index contributed by atoms with van der Waals surface area (Å²) >= 11 is 0. The molecule has 0 unspecified atom stereocenters. The van der Waals surface area contributed by atoms with Gasteiger partial charge < -0.3 is 20.0 Å². The van der Waals surface area contributed by atoms with Gasteiger partial charge in [-0.05, 0) is 79.1 Å². The second-order valence-electron chi connectivity index (χ2n) is 10.4. The van der Waals surface area contributed by atoms with Crippen molar-refractivity contribution >= 4 is 22.9 Å². The molecule has 38 heavy (non-hydrogen) atoms. The average Bonchev–Trinajstić information content (AvgIpc) is 3.30. The van der Waals surface area contributed by atoms with E-state index >= 15 is 0 Å². The van der Waals surface area contributed by atoms with Crippen LogP contribution in [0.4, 0.5) is 0 Å². The minimum atomic E-state index is -1.05. The van der Waals surface area contributed by atoms with Crippen LogP contribution in [-0.2, 0) is 9.59 Å². The Morgan fingerprint density at radius 2 is 1.79 bits per heavy atom. The van der Waals surface area contributed by atoms with Crippen LogP contribution in [0, 0.1) is 26.7 Å². The summed E-state index contributed by atoms with van der Waals surface area (Å²) in [4.78, 5) is 46.1. The summed E-state index contributed by atoms with van der Waals surface area (Å²) in [6.07, 6.45) is 3.29. The van der Waals surface area contributed by atoms with Crippen molar-refractivity contribution in [2.75, 3.05) is 0 Å². The molecule has 4 aromatic rings. The average molecular weight is 515 g/mol. The van der Waals surface area contributed by atoms with Crippen molar-refractivity contribution in [3.05, 3.63) is 87.6 Å². The van der Waals surface area contributed by atoms with Crippen molar-refractivity contribution in [1.82, 2.24) is 19.9 Å². The Kier molecular flexibility index (Phi) is 7.80. The molecule has 3 N–H and O–H groups in total. The number of benzene rings is 2. The number of amides is 1. The van der Waals surface area contributed by atoms with Crippen LogP contribution in [0.25, 0.3) is 22.2 Å². The number of fused-ring (bicyclic) bond motifs is 1. The molecule has 2 heterocycles. The molecule has 0 radical (unpaired) electrons. The quantitative estimate of drug-likeness (QED) is 0.283. The van der Waals surface area contributed by atoms with Crippen molar-refractivity contribution in [1.29, 1.82) is 0 Å². The van der Waals surface area contributed by atoms with E-state index in [9.17, 15) is 19.5 Å². The van der Waals surface area contributed by atoms with E-state index in [0.29, 0.717) is 17.5 Å². The van der Waals surface area contributed by atoms with E-state index in [1.165, 1.54) is 10.6 Å². The summed E-state index contributed by atoms with van der Waals surface area (Å²) < 4.78 is 1.43. The lowest BCUT2D eigenvalue weighted by Crippen LogP contribution is -2.40. The third kappa shape index (κ3) is 5.69. The van der Waals surface area contributed by atoms with Gasteiger partial charge >= 0.3 is 5.97 Å². The molecule has 0 aliphatic rings. The predicted octanol–water partition coefficient (Wildman–Crippen LogP) is 5.24. The summed E-state index contributed by atoms with van der Waals surface area (Å²) in [6, 6.07) is 11.6. The molecule has 0 aliphatic carbocycles. The second-order valence-corrected chi connectivity index (χ2v) is 10.4. The molecule has 198 valence electrons. The zero-order valence-corrected chi connectivity index (χ0v) is 22.4. The van der Waals surface area contributed by atoms with Crippen LogP contribution in [0.15, 0.2) is 59.8 Å². The van der Waals surface area contributed by atoms with E-state index < -0.39 is 24.0 Å². The predicted molar refractivity (Wildman–Crippen MR) is 148 cm³/mol. The van der Waals surface area contributed by atoms with Crippen molar-refractivity contribution in [3.8, 4) is 11.1 Å². The number of nitrogens with zero attached hydrogens (tertiary/aromatic N) is 2. The smallest absolute Gasteiger partial charge is 0.305 e. The number of aromatic amines is 1. The Morgan fingerprint density at radius 1 is 1.08 bits per heavy atom. The number of carbonyl (C=O) groups is 2. The number of imidazole rings is 1. The van der Waals surface area contributed by atoms with Crippen molar-refractivity contribution < 1.29 is 14.7 Å². The van der Waals surface area contributed by atoms with Crippen LogP contribution in [0.5, 0.6) is 0 Å². The standard InChI is InChI=1S/C30H34N4O4/c1-17(2)11-25(34-10-9-18(3)12-26(34)35)30(38)33-23(15-27(36)37)22-13-21(14-24-29(22)32-16-31-24)28-19(4)7-6-8-20(28)5/h6-10,12-14,16-17,23,25H,11,15H2,1-5H3,(H,31,32)(H,33,38)(H,36,37)/t23-,25+/m1/s1. The lowest BCUT2D eigenvalue weighted by molar-refractivity contribution is -0.138. The number of H-pyrrole nitrogens is 1. The Morgan fingerprint density at radius 3 is 2.42 bits per heavy atom. The minimum Gasteiger partial charge on any atom is -0.481 e. The first-order valence-corrected chi connectivity index (χ1v) is 12.8. The highest BCUT2D eigenvalue weighted by molar-refractivity contribution is 5.88. The number of aliphatic carboxylic acids is 1. The van der Waals surface area contributed by atoms with Crippen molar-refractivity contribution in [2.24, 2.45) is 5.92 Å². The molecule has 4 rings (SSSR count). The van der Waals surface area contributed by atoms with Crippen LogP contribution in [0.2, 0.25) is 0 Å². The zero-order valence-electron chi connectivity index (χ0n) is 22.4. The zero-order chi connectivity index (χ0) is 27.6. The van der Waals surface area contributed by atoms with Gasteiger partial charge in [0.05, 0.1) is 29.8 Å². The first-order valence-electron chi connectivity index (χ1n) is 12.8. The summed E-state index contributed by atoms with van der Waals surface area (Å²) in [5.74, 6) is -1.33. The summed E-state index contributed by atoms with van der Waals surface area (Å²) in [5.41, 5.74) is 6.62. The first kappa shape index (κ1) is 26.9. The van der Waals surface area contributed by atoms with Gasteiger partial charge in [0.25, 0.3) is 5.56 Å². The van der Waals surface area contributed by atoms with Crippen LogP contribution >= 0.6 is 0 Å². The highest BCUT2D eigenvalue weighted by atomic mass is 16.4. The van der Waals surface area contributed by atoms with Gasteiger partial charge in [0.1, 0.15) is 6.04 Å². The Bertz CT molecular complexity index is 1530. The number of carboxylic acids is 1. The maximum Gasteiger partial charge on any atom is 0.305 e. The van der Waals surface area contributed by atoms with Crippen LogP contribution < -0.4 is 10.9 Å². The maximum atomic E-state index is 13.7. The summed E-state index contributed by atoms with van der Waals surface area (Å²) in [7, 11) is 0. The number of aryl methyl sites for hydroxylation is 3. The topological polar surface area (TPSA) is 117 Å². The molecule has 2 aromatic carbocycles. The lowest BCUT2D eigenvalue weighted by Gasteiger charge is -2.25. The molecule has 0 fully saturated rings. The third-order valence-electron chi connectivity index (χ3n) is 6.83. The molecular formula is C30H34N4O4. The van der Waals surface area contributed by atoms with Gasteiger partial charge in [-0.25, -0.2) is 4.98 Å². The number of carbonyl (C=O) groups excluding carboxylic acids is 1. The van der Waals surface area contributed by atoms with Gasteiger partial charge in [0, 0.05) is 17.8 Å². The van der Waals surface area contributed by atoms with Gasteiger partial charge in [-0.3, -0.25) is 14.4 Å². The number of rotatable bonds is 9. The van der Waals surface area contributed by atoms with E-state index in [-0.39, 0.29) is 17.9 Å². The second kappa shape index (κ2) is 11.0. The Balaban J connectivity index is 1.81. The van der Waals surface area contributed by atoms with E-state index in [4.69, 9.17) is 0 Å². The number of hydrogen-bond donors (Lipinski definition) is 3. The summed E-state index contributed by atoms with van der Waals surface area (Å²) in [6.45, 7) is 9.85. The van der Waals surface area contributed by atoms with Crippen LogP contribution in [-0.4, -0.2) is 31.5 Å².